The number of hydrogen-bond acceptors (Lipinski definition) is 4. The van der Waals surface area contributed by atoms with E-state index < -0.39 is 10.0 Å². The molecule has 1 aliphatic carbocycles. The number of halogens is 1. The first-order valence-electron chi connectivity index (χ1n) is 7.53. The Morgan fingerprint density at radius 2 is 1.77 bits per heavy atom. The highest BCUT2D eigenvalue weighted by Crippen LogP contribution is 2.30. The first-order chi connectivity index (χ1) is 10.5. The molecular weight excluding hydrogens is 388 g/mol. The average molecular weight is 407 g/mol. The number of hydrogen-bond donors (Lipinski definition) is 0. The summed E-state index contributed by atoms with van der Waals surface area (Å²) in [6, 6.07) is 3.37. The molecule has 0 bridgehead atoms. The fraction of sp³-hybridized carbons (Fsp3) is 0.643. The lowest BCUT2D eigenvalue weighted by atomic mass is 10.1. The van der Waals surface area contributed by atoms with Crippen LogP contribution in [-0.2, 0) is 14.8 Å². The lowest BCUT2D eigenvalue weighted by molar-refractivity contribution is -0.136. The second-order valence-corrected chi connectivity index (χ2v) is 10.4. The predicted molar refractivity (Wildman–Crippen MR) is 89.3 cm³/mol. The Hall–Kier alpha value is -0.440. The van der Waals surface area contributed by atoms with Crippen LogP contribution in [-0.4, -0.2) is 49.7 Å². The van der Waals surface area contributed by atoms with E-state index in [1.54, 1.807) is 12.1 Å². The molecule has 0 N–H and O–H groups in total. The highest BCUT2D eigenvalue weighted by Gasteiger charge is 2.33. The van der Waals surface area contributed by atoms with Crippen LogP contribution in [0.25, 0.3) is 0 Å². The van der Waals surface area contributed by atoms with E-state index in [0.717, 1.165) is 29.5 Å². The fourth-order valence-corrected chi connectivity index (χ4v) is 6.73. The zero-order chi connectivity index (χ0) is 15.7. The molecule has 3 rings (SSSR count). The predicted octanol–water partition coefficient (Wildman–Crippen LogP) is 2.53. The van der Waals surface area contributed by atoms with E-state index in [1.807, 2.05) is 4.90 Å². The molecule has 0 radical (unpaired) electrons. The third-order valence-electron chi connectivity index (χ3n) is 4.40. The zero-order valence-corrected chi connectivity index (χ0v) is 15.4. The molecule has 1 saturated heterocycles. The van der Waals surface area contributed by atoms with Gasteiger partial charge in [-0.3, -0.25) is 4.79 Å². The van der Waals surface area contributed by atoms with Gasteiger partial charge in [-0.1, -0.05) is 12.8 Å². The van der Waals surface area contributed by atoms with Crippen LogP contribution in [0.2, 0.25) is 0 Å². The van der Waals surface area contributed by atoms with Crippen molar-refractivity contribution in [2.24, 2.45) is 5.92 Å². The minimum absolute atomic E-state index is 0.163. The number of rotatable bonds is 3. The van der Waals surface area contributed by atoms with Crippen molar-refractivity contribution >= 4 is 43.2 Å². The van der Waals surface area contributed by atoms with Crippen LogP contribution in [0.1, 0.15) is 25.7 Å². The number of amides is 1. The van der Waals surface area contributed by atoms with Gasteiger partial charge in [0.05, 0.1) is 3.79 Å². The van der Waals surface area contributed by atoms with Gasteiger partial charge in [-0.2, -0.15) is 4.31 Å². The van der Waals surface area contributed by atoms with Crippen LogP contribution in [0.15, 0.2) is 20.1 Å². The van der Waals surface area contributed by atoms with E-state index in [1.165, 1.54) is 15.6 Å². The fourth-order valence-electron chi connectivity index (χ4n) is 3.14. The van der Waals surface area contributed by atoms with Crippen LogP contribution in [0.3, 0.4) is 0 Å². The Bertz CT molecular complexity index is 645. The third-order valence-corrected chi connectivity index (χ3v) is 8.39. The second kappa shape index (κ2) is 6.59. The summed E-state index contributed by atoms with van der Waals surface area (Å²) in [5.74, 6) is 0.379. The lowest BCUT2D eigenvalue weighted by Gasteiger charge is -2.35. The molecule has 0 aromatic carbocycles. The quantitative estimate of drug-likeness (QED) is 0.774. The summed E-state index contributed by atoms with van der Waals surface area (Å²) in [6.45, 7) is 1.77. The van der Waals surface area contributed by atoms with Gasteiger partial charge >= 0.3 is 0 Å². The molecule has 1 aromatic heterocycles. The van der Waals surface area contributed by atoms with E-state index in [4.69, 9.17) is 0 Å². The van der Waals surface area contributed by atoms with Crippen molar-refractivity contribution in [2.75, 3.05) is 26.2 Å². The minimum atomic E-state index is -3.43. The smallest absolute Gasteiger partial charge is 0.252 e. The number of sulfonamides is 1. The van der Waals surface area contributed by atoms with Gasteiger partial charge in [0.1, 0.15) is 4.21 Å². The molecule has 8 heteroatoms. The van der Waals surface area contributed by atoms with Crippen molar-refractivity contribution in [3.8, 4) is 0 Å². The molecule has 5 nitrogen and oxygen atoms in total. The molecule has 0 unspecified atom stereocenters. The summed E-state index contributed by atoms with van der Waals surface area (Å²) in [5.41, 5.74) is 0. The normalized spacial score (nSPS) is 21.4. The van der Waals surface area contributed by atoms with Crippen LogP contribution in [0.4, 0.5) is 0 Å². The minimum Gasteiger partial charge on any atom is -0.340 e. The lowest BCUT2D eigenvalue weighted by Crippen LogP contribution is -2.51. The number of carbonyl (C=O) groups is 1. The molecule has 2 aliphatic rings. The molecule has 2 fully saturated rings. The molecule has 1 saturated carbocycles. The number of nitrogens with zero attached hydrogens (tertiary/aromatic N) is 2. The highest BCUT2D eigenvalue weighted by atomic mass is 79.9. The molecule has 22 heavy (non-hydrogen) atoms. The first-order valence-corrected chi connectivity index (χ1v) is 10.6. The van der Waals surface area contributed by atoms with E-state index in [2.05, 4.69) is 15.9 Å². The van der Waals surface area contributed by atoms with E-state index >= 15 is 0 Å². The van der Waals surface area contributed by atoms with Crippen LogP contribution in [0.5, 0.6) is 0 Å². The van der Waals surface area contributed by atoms with Crippen molar-refractivity contribution in [1.82, 2.24) is 9.21 Å². The van der Waals surface area contributed by atoms with Crippen molar-refractivity contribution in [1.29, 1.82) is 0 Å². The Labute approximate surface area is 143 Å². The third kappa shape index (κ3) is 3.25. The first kappa shape index (κ1) is 16.4. The molecule has 0 spiro atoms. The highest BCUT2D eigenvalue weighted by molar-refractivity contribution is 9.11. The molecule has 1 amide bonds. The average Bonchev–Trinajstić information content (AvgIpc) is 3.18. The summed E-state index contributed by atoms with van der Waals surface area (Å²) in [4.78, 5) is 14.2. The van der Waals surface area contributed by atoms with Gasteiger partial charge in [0.2, 0.25) is 5.91 Å². The number of thiophene rings is 1. The van der Waals surface area contributed by atoms with E-state index in [9.17, 15) is 13.2 Å². The van der Waals surface area contributed by atoms with Crippen molar-refractivity contribution < 1.29 is 13.2 Å². The maximum Gasteiger partial charge on any atom is 0.252 e. The van der Waals surface area contributed by atoms with Gasteiger partial charge in [-0.05, 0) is 40.9 Å². The van der Waals surface area contributed by atoms with Crippen molar-refractivity contribution in [2.45, 2.75) is 29.9 Å². The summed E-state index contributed by atoms with van der Waals surface area (Å²) in [7, 11) is -3.43. The summed E-state index contributed by atoms with van der Waals surface area (Å²) in [6.07, 6.45) is 4.25. The topological polar surface area (TPSA) is 57.7 Å². The largest absolute Gasteiger partial charge is 0.340 e. The van der Waals surface area contributed by atoms with Gasteiger partial charge in [0.25, 0.3) is 10.0 Å². The van der Waals surface area contributed by atoms with Gasteiger partial charge in [-0.25, -0.2) is 8.42 Å². The maximum absolute atomic E-state index is 12.5. The Morgan fingerprint density at radius 3 is 2.32 bits per heavy atom. The van der Waals surface area contributed by atoms with Gasteiger partial charge < -0.3 is 4.90 Å². The Morgan fingerprint density at radius 1 is 1.14 bits per heavy atom. The summed E-state index contributed by atoms with van der Waals surface area (Å²) in [5, 5.41) is 0. The monoisotopic (exact) mass is 406 g/mol. The van der Waals surface area contributed by atoms with Crippen molar-refractivity contribution in [3.05, 3.63) is 15.9 Å². The van der Waals surface area contributed by atoms with Crippen LogP contribution < -0.4 is 0 Å². The van der Waals surface area contributed by atoms with Gasteiger partial charge in [0.15, 0.2) is 0 Å². The summed E-state index contributed by atoms with van der Waals surface area (Å²) < 4.78 is 27.7. The van der Waals surface area contributed by atoms with Gasteiger partial charge in [0, 0.05) is 32.1 Å². The van der Waals surface area contributed by atoms with Crippen LogP contribution in [0, 0.1) is 5.92 Å². The zero-order valence-electron chi connectivity index (χ0n) is 12.2. The molecule has 2 heterocycles. The van der Waals surface area contributed by atoms with E-state index in [0.29, 0.717) is 30.4 Å². The number of piperazine rings is 1. The SMILES string of the molecule is O=C(C1CCCC1)N1CCN(S(=O)(=O)c2ccc(Br)s2)CC1. The molecule has 122 valence electrons. The Balaban J connectivity index is 1.63. The van der Waals surface area contributed by atoms with Crippen molar-refractivity contribution in [3.63, 3.8) is 0 Å². The number of carbonyl (C=O) groups excluding carboxylic acids is 1. The van der Waals surface area contributed by atoms with Crippen LogP contribution >= 0.6 is 27.3 Å². The second-order valence-electron chi connectivity index (χ2n) is 5.77. The summed E-state index contributed by atoms with van der Waals surface area (Å²) >= 11 is 4.52. The molecule has 1 aliphatic heterocycles. The van der Waals surface area contributed by atoms with Gasteiger partial charge in [-0.15, -0.1) is 11.3 Å². The Kier molecular flexibility index (Phi) is 4.92. The molecular formula is C14H19BrN2O3S2. The molecule has 0 atom stereocenters. The standard InChI is InChI=1S/C14H19BrN2O3S2/c15-12-5-6-13(21-12)22(19,20)17-9-7-16(8-10-17)14(18)11-3-1-2-4-11/h5-6,11H,1-4,7-10H2. The van der Waals surface area contributed by atoms with E-state index in [-0.39, 0.29) is 11.8 Å². The maximum atomic E-state index is 12.5. The molecule has 1 aromatic rings.